The standard InChI is InChI=1S/C11H12BrClN2O/c12-9-4-8(1-2-10(9)13)15-6-7(5-14)3-11(15)16/h1-2,4,7H,3,5-6,14H2. The molecule has 1 aliphatic rings. The average Bonchev–Trinajstić information content (AvgIpc) is 2.64. The van der Waals surface area contributed by atoms with Gasteiger partial charge in [0, 0.05) is 23.1 Å². The molecule has 2 N–H and O–H groups in total. The molecule has 0 aromatic heterocycles. The van der Waals surface area contributed by atoms with Gasteiger partial charge >= 0.3 is 0 Å². The zero-order valence-electron chi connectivity index (χ0n) is 8.62. The second-order valence-corrected chi connectivity index (χ2v) is 5.17. The van der Waals surface area contributed by atoms with Crippen LogP contribution < -0.4 is 10.6 Å². The summed E-state index contributed by atoms with van der Waals surface area (Å²) in [5, 5.41) is 0.644. The fraction of sp³-hybridized carbons (Fsp3) is 0.364. The number of nitrogens with two attached hydrogens (primary N) is 1. The van der Waals surface area contributed by atoms with Crippen LogP contribution >= 0.6 is 27.5 Å². The summed E-state index contributed by atoms with van der Waals surface area (Å²) in [6.45, 7) is 1.25. The van der Waals surface area contributed by atoms with E-state index in [1.807, 2.05) is 12.1 Å². The summed E-state index contributed by atoms with van der Waals surface area (Å²) in [5.74, 6) is 0.395. The molecule has 3 nitrogen and oxygen atoms in total. The number of halogens is 2. The lowest BCUT2D eigenvalue weighted by Gasteiger charge is -2.17. The Hall–Kier alpha value is -0.580. The quantitative estimate of drug-likeness (QED) is 0.912. The first-order valence-electron chi connectivity index (χ1n) is 5.07. The number of carbonyl (C=O) groups excluding carboxylic acids is 1. The average molecular weight is 304 g/mol. The van der Waals surface area contributed by atoms with Gasteiger partial charge in [-0.3, -0.25) is 4.79 Å². The third-order valence-corrected chi connectivity index (χ3v) is 3.97. The number of anilines is 1. The van der Waals surface area contributed by atoms with Gasteiger partial charge in [0.05, 0.1) is 5.02 Å². The van der Waals surface area contributed by atoms with Crippen molar-refractivity contribution in [2.24, 2.45) is 11.7 Å². The van der Waals surface area contributed by atoms with Gasteiger partial charge < -0.3 is 10.6 Å². The number of rotatable bonds is 2. The lowest BCUT2D eigenvalue weighted by atomic mass is 10.1. The van der Waals surface area contributed by atoms with Crippen LogP contribution in [0.15, 0.2) is 22.7 Å². The van der Waals surface area contributed by atoms with E-state index in [4.69, 9.17) is 17.3 Å². The molecule has 1 fully saturated rings. The molecule has 1 amide bonds. The van der Waals surface area contributed by atoms with Gasteiger partial charge in [-0.15, -0.1) is 0 Å². The van der Waals surface area contributed by atoms with Crippen molar-refractivity contribution in [2.75, 3.05) is 18.0 Å². The topological polar surface area (TPSA) is 46.3 Å². The normalized spacial score (nSPS) is 20.6. The summed E-state index contributed by atoms with van der Waals surface area (Å²) in [5.41, 5.74) is 6.45. The zero-order valence-corrected chi connectivity index (χ0v) is 11.0. The molecule has 86 valence electrons. The van der Waals surface area contributed by atoms with Gasteiger partial charge in [0.15, 0.2) is 0 Å². The highest BCUT2D eigenvalue weighted by Gasteiger charge is 2.29. The molecule has 0 saturated carbocycles. The predicted octanol–water partition coefficient (Wildman–Crippen LogP) is 2.41. The molecule has 2 rings (SSSR count). The van der Waals surface area contributed by atoms with Crippen LogP contribution in [0, 0.1) is 5.92 Å². The lowest BCUT2D eigenvalue weighted by molar-refractivity contribution is -0.117. The van der Waals surface area contributed by atoms with E-state index in [0.29, 0.717) is 24.5 Å². The van der Waals surface area contributed by atoms with Crippen molar-refractivity contribution in [3.8, 4) is 0 Å². The third kappa shape index (κ3) is 2.24. The second-order valence-electron chi connectivity index (χ2n) is 3.91. The number of benzene rings is 1. The molecule has 1 aromatic carbocycles. The van der Waals surface area contributed by atoms with Crippen molar-refractivity contribution in [1.29, 1.82) is 0 Å². The molecule has 1 atom stereocenters. The monoisotopic (exact) mass is 302 g/mol. The van der Waals surface area contributed by atoms with Crippen molar-refractivity contribution in [3.63, 3.8) is 0 Å². The van der Waals surface area contributed by atoms with E-state index in [-0.39, 0.29) is 11.8 Å². The van der Waals surface area contributed by atoms with Gasteiger partial charge in [-0.05, 0) is 46.6 Å². The minimum Gasteiger partial charge on any atom is -0.330 e. The van der Waals surface area contributed by atoms with Crippen LogP contribution in [-0.4, -0.2) is 19.0 Å². The molecule has 0 radical (unpaired) electrons. The van der Waals surface area contributed by atoms with E-state index in [1.54, 1.807) is 11.0 Å². The molecule has 1 aromatic rings. The van der Waals surface area contributed by atoms with Crippen LogP contribution in [0.1, 0.15) is 6.42 Å². The summed E-state index contributed by atoms with van der Waals surface area (Å²) in [6, 6.07) is 5.49. The molecule has 0 bridgehead atoms. The Morgan fingerprint density at radius 3 is 2.88 bits per heavy atom. The molecular weight excluding hydrogens is 291 g/mol. The maximum Gasteiger partial charge on any atom is 0.227 e. The largest absolute Gasteiger partial charge is 0.330 e. The van der Waals surface area contributed by atoms with Crippen LogP contribution in [0.25, 0.3) is 0 Å². The number of hydrogen-bond acceptors (Lipinski definition) is 2. The highest BCUT2D eigenvalue weighted by Crippen LogP contribution is 2.30. The molecular formula is C11H12BrClN2O. The maximum absolute atomic E-state index is 11.8. The van der Waals surface area contributed by atoms with E-state index < -0.39 is 0 Å². The van der Waals surface area contributed by atoms with Crippen molar-refractivity contribution in [2.45, 2.75) is 6.42 Å². The molecule has 1 unspecified atom stereocenters. The summed E-state index contributed by atoms with van der Waals surface area (Å²) in [7, 11) is 0. The van der Waals surface area contributed by atoms with Gasteiger partial charge in [-0.2, -0.15) is 0 Å². The van der Waals surface area contributed by atoms with Gasteiger partial charge in [0.1, 0.15) is 0 Å². The molecule has 16 heavy (non-hydrogen) atoms. The SMILES string of the molecule is NCC1CC(=O)N(c2ccc(Cl)c(Br)c2)C1. The molecule has 1 heterocycles. The number of nitrogens with zero attached hydrogens (tertiary/aromatic N) is 1. The Labute approximate surface area is 108 Å². The minimum atomic E-state index is 0.129. The van der Waals surface area contributed by atoms with Crippen molar-refractivity contribution >= 4 is 39.1 Å². The first-order chi connectivity index (χ1) is 7.61. The Bertz CT molecular complexity index is 424. The van der Waals surface area contributed by atoms with Crippen molar-refractivity contribution in [3.05, 3.63) is 27.7 Å². The van der Waals surface area contributed by atoms with Crippen LogP contribution in [-0.2, 0) is 4.79 Å². The van der Waals surface area contributed by atoms with Gasteiger partial charge in [-0.1, -0.05) is 11.6 Å². The van der Waals surface area contributed by atoms with Crippen LogP contribution in [0.2, 0.25) is 5.02 Å². The molecule has 5 heteroatoms. The minimum absolute atomic E-state index is 0.129. The fourth-order valence-corrected chi connectivity index (χ4v) is 2.33. The van der Waals surface area contributed by atoms with E-state index in [0.717, 1.165) is 10.2 Å². The molecule has 1 saturated heterocycles. The Morgan fingerprint density at radius 2 is 2.31 bits per heavy atom. The second kappa shape index (κ2) is 4.73. The van der Waals surface area contributed by atoms with Crippen LogP contribution in [0.5, 0.6) is 0 Å². The number of carbonyl (C=O) groups is 1. The van der Waals surface area contributed by atoms with Crippen LogP contribution in [0.3, 0.4) is 0 Å². The van der Waals surface area contributed by atoms with E-state index in [2.05, 4.69) is 15.9 Å². The fourth-order valence-electron chi connectivity index (χ4n) is 1.84. The van der Waals surface area contributed by atoms with E-state index in [1.165, 1.54) is 0 Å². The highest BCUT2D eigenvalue weighted by atomic mass is 79.9. The first-order valence-corrected chi connectivity index (χ1v) is 6.24. The Kier molecular flexibility index (Phi) is 3.52. The predicted molar refractivity (Wildman–Crippen MR) is 68.7 cm³/mol. The van der Waals surface area contributed by atoms with Crippen LogP contribution in [0.4, 0.5) is 5.69 Å². The third-order valence-electron chi connectivity index (χ3n) is 2.75. The van der Waals surface area contributed by atoms with Gasteiger partial charge in [-0.25, -0.2) is 0 Å². The zero-order chi connectivity index (χ0) is 11.7. The van der Waals surface area contributed by atoms with Crippen molar-refractivity contribution < 1.29 is 4.79 Å². The Morgan fingerprint density at radius 1 is 1.56 bits per heavy atom. The highest BCUT2D eigenvalue weighted by molar-refractivity contribution is 9.10. The molecule has 0 spiro atoms. The summed E-state index contributed by atoms with van der Waals surface area (Å²) in [4.78, 5) is 13.5. The van der Waals surface area contributed by atoms with E-state index >= 15 is 0 Å². The van der Waals surface area contributed by atoms with Gasteiger partial charge in [0.25, 0.3) is 0 Å². The lowest BCUT2D eigenvalue weighted by Crippen LogP contribution is -2.25. The number of hydrogen-bond donors (Lipinski definition) is 1. The van der Waals surface area contributed by atoms with E-state index in [9.17, 15) is 4.79 Å². The summed E-state index contributed by atoms with van der Waals surface area (Å²) < 4.78 is 0.802. The summed E-state index contributed by atoms with van der Waals surface area (Å²) in [6.07, 6.45) is 0.538. The van der Waals surface area contributed by atoms with Crippen molar-refractivity contribution in [1.82, 2.24) is 0 Å². The van der Waals surface area contributed by atoms with Gasteiger partial charge in [0.2, 0.25) is 5.91 Å². The first kappa shape index (κ1) is 11.9. The molecule has 1 aliphatic heterocycles. The molecule has 0 aliphatic carbocycles. The summed E-state index contributed by atoms with van der Waals surface area (Å²) >= 11 is 9.26. The number of amides is 1. The smallest absolute Gasteiger partial charge is 0.227 e. The maximum atomic E-state index is 11.8. The Balaban J connectivity index is 2.24.